The Kier molecular flexibility index (Phi) is 12.7. The molecule has 0 heterocycles. The Morgan fingerprint density at radius 3 is 0.708 bits per heavy atom. The Hall–Kier alpha value is 0.620. The summed E-state index contributed by atoms with van der Waals surface area (Å²) in [6.45, 7) is 0. The van der Waals surface area contributed by atoms with Crippen molar-refractivity contribution in [3.63, 3.8) is 0 Å². The second kappa shape index (κ2) is 15.9. The zero-order chi connectivity index (χ0) is 34.6. The number of phenolic OH excluding ortho intramolecular Hbond substituents is 4. The predicted octanol–water partition coefficient (Wildman–Crippen LogP) is 12.9. The van der Waals surface area contributed by atoms with Gasteiger partial charge in [-0.05, 0) is 273 Å². The van der Waals surface area contributed by atoms with E-state index in [0.717, 1.165) is 72.7 Å². The van der Waals surface area contributed by atoms with Crippen molar-refractivity contribution in [1.82, 2.24) is 0 Å². The van der Waals surface area contributed by atoms with Crippen molar-refractivity contribution >= 4 is 191 Å². The SMILES string of the molecule is Oc1c(I)cc(C(c2cc(I)c(O)c(I)c2)c2ccc3cc(C(c4cc(I)c(O)c(I)c4)c4cc(I)c(O)c(I)c4)ccc3c2)cc1I. The van der Waals surface area contributed by atoms with Gasteiger partial charge in [0.25, 0.3) is 0 Å². The third-order valence-electron chi connectivity index (χ3n) is 8.05. The second-order valence-corrected chi connectivity index (χ2v) is 20.4. The fourth-order valence-corrected chi connectivity index (χ4v) is 13.1. The minimum Gasteiger partial charge on any atom is -0.506 e. The molecule has 4 N–H and O–H groups in total. The van der Waals surface area contributed by atoms with E-state index < -0.39 is 0 Å². The quantitative estimate of drug-likeness (QED) is 0.0990. The van der Waals surface area contributed by atoms with E-state index >= 15 is 0 Å². The van der Waals surface area contributed by atoms with Crippen LogP contribution in [0.5, 0.6) is 23.0 Å². The highest BCUT2D eigenvalue weighted by Crippen LogP contribution is 2.43. The van der Waals surface area contributed by atoms with Crippen molar-refractivity contribution in [2.45, 2.75) is 11.8 Å². The zero-order valence-corrected chi connectivity index (χ0v) is 41.3. The van der Waals surface area contributed by atoms with Crippen LogP contribution in [-0.2, 0) is 0 Å². The maximum atomic E-state index is 10.6. The summed E-state index contributed by atoms with van der Waals surface area (Å²) in [7, 11) is 0. The third-order valence-corrected chi connectivity index (χ3v) is 14.6. The average molecular weight is 1530 g/mol. The lowest BCUT2D eigenvalue weighted by molar-refractivity contribution is 0.466. The van der Waals surface area contributed by atoms with Gasteiger partial charge in [0, 0.05) is 11.8 Å². The standard InChI is InChI=1S/C36H20I8O4/c37-23-7-19(8-24(38)33(23)45)31(20-9-25(39)34(46)26(40)10-20)17-3-1-15-5-18(4-2-16(15)6-17)32(21-11-27(41)35(47)28(42)12-21)22-13-29(43)36(48)30(44)14-22/h1-14,31-32,45-48H. The Morgan fingerprint density at radius 2 is 0.500 bits per heavy atom. The van der Waals surface area contributed by atoms with Gasteiger partial charge >= 0.3 is 0 Å². The van der Waals surface area contributed by atoms with E-state index in [1.165, 1.54) is 0 Å². The molecule has 6 aromatic carbocycles. The molecule has 4 nitrogen and oxygen atoms in total. The first-order chi connectivity index (χ1) is 22.7. The summed E-state index contributed by atoms with van der Waals surface area (Å²) in [4.78, 5) is 0. The summed E-state index contributed by atoms with van der Waals surface area (Å²) >= 11 is 17.5. The fourth-order valence-electron chi connectivity index (χ4n) is 5.80. The van der Waals surface area contributed by atoms with Crippen molar-refractivity contribution in [1.29, 1.82) is 0 Å². The summed E-state index contributed by atoms with van der Waals surface area (Å²) in [5.74, 6) is 0.870. The van der Waals surface area contributed by atoms with Crippen molar-refractivity contribution in [2.24, 2.45) is 0 Å². The van der Waals surface area contributed by atoms with Crippen LogP contribution in [0.25, 0.3) is 10.8 Å². The van der Waals surface area contributed by atoms with Crippen molar-refractivity contribution in [3.05, 3.63) is 147 Å². The van der Waals surface area contributed by atoms with Gasteiger partial charge in [0.2, 0.25) is 0 Å². The molecule has 48 heavy (non-hydrogen) atoms. The molecule has 0 aliphatic rings. The van der Waals surface area contributed by atoms with Crippen molar-refractivity contribution in [3.8, 4) is 23.0 Å². The van der Waals surface area contributed by atoms with Gasteiger partial charge in [-0.1, -0.05) is 36.4 Å². The molecule has 0 aliphatic carbocycles. The van der Waals surface area contributed by atoms with Crippen LogP contribution in [0.4, 0.5) is 0 Å². The van der Waals surface area contributed by atoms with Gasteiger partial charge in [-0.15, -0.1) is 0 Å². The molecule has 0 aromatic heterocycles. The van der Waals surface area contributed by atoms with Gasteiger partial charge < -0.3 is 20.4 Å². The Morgan fingerprint density at radius 1 is 0.292 bits per heavy atom. The maximum absolute atomic E-state index is 10.6. The monoisotopic (exact) mass is 1530 g/mol. The molecular formula is C36H20I8O4. The van der Waals surface area contributed by atoms with Crippen LogP contribution in [0.1, 0.15) is 45.2 Å². The molecule has 0 spiro atoms. The first-order valence-corrected chi connectivity index (χ1v) is 22.6. The van der Waals surface area contributed by atoms with Crippen LogP contribution in [-0.4, -0.2) is 20.4 Å². The van der Waals surface area contributed by atoms with E-state index in [-0.39, 0.29) is 34.8 Å². The fraction of sp³-hybridized carbons (Fsp3) is 0.0556. The number of rotatable bonds is 6. The van der Waals surface area contributed by atoms with Gasteiger partial charge in [-0.25, -0.2) is 0 Å². The molecule has 0 saturated heterocycles. The topological polar surface area (TPSA) is 80.9 Å². The first-order valence-electron chi connectivity index (χ1n) is 14.0. The Balaban J connectivity index is 1.52. The molecule has 0 atom stereocenters. The normalized spacial score (nSPS) is 11.6. The first kappa shape index (κ1) is 38.3. The minimum absolute atomic E-state index is 0.130. The Bertz CT molecular complexity index is 1890. The molecular weight excluding hydrogens is 1510 g/mol. The molecule has 6 rings (SSSR count). The highest BCUT2D eigenvalue weighted by molar-refractivity contribution is 14.1. The lowest BCUT2D eigenvalue weighted by Gasteiger charge is -2.23. The van der Waals surface area contributed by atoms with Crippen LogP contribution in [0.3, 0.4) is 0 Å². The Labute approximate surface area is 386 Å². The van der Waals surface area contributed by atoms with Crippen molar-refractivity contribution < 1.29 is 20.4 Å². The van der Waals surface area contributed by atoms with Crippen molar-refractivity contribution in [2.75, 3.05) is 0 Å². The average Bonchev–Trinajstić information content (AvgIpc) is 3.04. The van der Waals surface area contributed by atoms with E-state index in [1.54, 1.807) is 0 Å². The van der Waals surface area contributed by atoms with Gasteiger partial charge in [0.1, 0.15) is 23.0 Å². The molecule has 0 unspecified atom stereocenters. The number of hydrogen-bond donors (Lipinski definition) is 4. The van der Waals surface area contributed by atoms with Gasteiger partial charge in [0.05, 0.1) is 28.6 Å². The summed E-state index contributed by atoms with van der Waals surface area (Å²) in [6, 6.07) is 29.4. The summed E-state index contributed by atoms with van der Waals surface area (Å²) in [6.07, 6.45) is 0. The molecule has 0 radical (unpaired) electrons. The van der Waals surface area contributed by atoms with E-state index in [1.807, 2.05) is 48.5 Å². The van der Waals surface area contributed by atoms with E-state index in [0.29, 0.717) is 0 Å². The number of fused-ring (bicyclic) bond motifs is 1. The second-order valence-electron chi connectivity index (χ2n) is 11.1. The summed E-state index contributed by atoms with van der Waals surface area (Å²) in [5.41, 5.74) is 6.44. The molecule has 0 amide bonds. The van der Waals surface area contributed by atoms with Crippen LogP contribution < -0.4 is 0 Å². The maximum Gasteiger partial charge on any atom is 0.142 e. The predicted molar refractivity (Wildman–Crippen MR) is 260 cm³/mol. The molecule has 0 fully saturated rings. The highest BCUT2D eigenvalue weighted by atomic mass is 127. The van der Waals surface area contributed by atoms with Crippen LogP contribution in [0.2, 0.25) is 0 Å². The number of phenols is 4. The molecule has 12 heteroatoms. The summed E-state index contributed by atoms with van der Waals surface area (Å²) < 4.78 is 6.31. The largest absolute Gasteiger partial charge is 0.506 e. The number of halogens is 8. The van der Waals surface area contributed by atoms with E-state index in [2.05, 4.69) is 217 Å². The third kappa shape index (κ3) is 7.93. The van der Waals surface area contributed by atoms with Gasteiger partial charge in [0.15, 0.2) is 0 Å². The molecule has 244 valence electrons. The number of aromatic hydroxyl groups is 4. The van der Waals surface area contributed by atoms with Crippen LogP contribution in [0, 0.1) is 28.6 Å². The van der Waals surface area contributed by atoms with E-state index in [4.69, 9.17) is 0 Å². The molecule has 0 aliphatic heterocycles. The van der Waals surface area contributed by atoms with Gasteiger partial charge in [-0.2, -0.15) is 0 Å². The molecule has 0 bridgehead atoms. The number of hydrogen-bond acceptors (Lipinski definition) is 4. The molecule has 0 saturated carbocycles. The minimum atomic E-state index is -0.130. The lowest BCUT2D eigenvalue weighted by atomic mass is 9.82. The number of benzene rings is 6. The zero-order valence-electron chi connectivity index (χ0n) is 24.1. The highest BCUT2D eigenvalue weighted by Gasteiger charge is 2.24. The smallest absolute Gasteiger partial charge is 0.142 e. The lowest BCUT2D eigenvalue weighted by Crippen LogP contribution is -2.07. The van der Waals surface area contributed by atoms with Crippen LogP contribution >= 0.6 is 181 Å². The summed E-state index contributed by atoms with van der Waals surface area (Å²) in [5, 5.41) is 44.5. The van der Waals surface area contributed by atoms with Gasteiger partial charge in [-0.3, -0.25) is 0 Å². The van der Waals surface area contributed by atoms with E-state index in [9.17, 15) is 20.4 Å². The van der Waals surface area contributed by atoms with Crippen LogP contribution in [0.15, 0.2) is 84.9 Å². The molecule has 6 aromatic rings.